The maximum Gasteiger partial charge on any atom is 0.435 e. The van der Waals surface area contributed by atoms with Crippen molar-refractivity contribution in [3.63, 3.8) is 0 Å². The van der Waals surface area contributed by atoms with Gasteiger partial charge in [-0.15, -0.1) is 0 Å². The molecule has 12 heteroatoms. The van der Waals surface area contributed by atoms with Crippen molar-refractivity contribution < 1.29 is 31.1 Å². The maximum absolute atomic E-state index is 14.0. The van der Waals surface area contributed by atoms with Crippen LogP contribution in [0.2, 0.25) is 0 Å². The van der Waals surface area contributed by atoms with Gasteiger partial charge in [-0.1, -0.05) is 13.0 Å². The molecule has 38 heavy (non-hydrogen) atoms. The van der Waals surface area contributed by atoms with Gasteiger partial charge >= 0.3 is 6.18 Å². The van der Waals surface area contributed by atoms with Crippen molar-refractivity contribution in [2.75, 3.05) is 0 Å². The molecule has 0 spiro atoms. The highest BCUT2D eigenvalue weighted by molar-refractivity contribution is 5.96. The number of rotatable bonds is 3. The van der Waals surface area contributed by atoms with Crippen molar-refractivity contribution in [1.29, 1.82) is 0 Å². The van der Waals surface area contributed by atoms with E-state index in [1.807, 2.05) is 0 Å². The standard InChI is InChI=1S/C26H23F6N5O/c1-5-18-21-15(22(35(4)34-21)14-10-16(27)20(29)17(28)11-14)9-13(3)36(18)25(38)23-24(26(30,31)32)33-19-8-6-7-12(2)37(19)23/h6-8,10-11,13,18H,5,9H2,1-4H3. The van der Waals surface area contributed by atoms with Gasteiger partial charge in [0.05, 0.1) is 17.4 Å². The van der Waals surface area contributed by atoms with Gasteiger partial charge < -0.3 is 4.90 Å². The highest BCUT2D eigenvalue weighted by Gasteiger charge is 2.45. The first-order chi connectivity index (χ1) is 17.8. The first-order valence-electron chi connectivity index (χ1n) is 11.9. The first-order valence-corrected chi connectivity index (χ1v) is 11.9. The summed E-state index contributed by atoms with van der Waals surface area (Å²) in [6, 6.07) is 4.96. The van der Waals surface area contributed by atoms with Gasteiger partial charge in [-0.2, -0.15) is 18.3 Å². The molecule has 2 unspecified atom stereocenters. The normalized spacial score (nSPS) is 17.8. The zero-order chi connectivity index (χ0) is 27.7. The minimum Gasteiger partial charge on any atom is -0.326 e. The molecular formula is C26H23F6N5O. The van der Waals surface area contributed by atoms with Crippen LogP contribution in [-0.4, -0.2) is 36.0 Å². The van der Waals surface area contributed by atoms with Gasteiger partial charge in [0.2, 0.25) is 0 Å². The molecule has 0 saturated heterocycles. The summed E-state index contributed by atoms with van der Waals surface area (Å²) < 4.78 is 86.4. The van der Waals surface area contributed by atoms with Crippen molar-refractivity contribution >= 4 is 11.6 Å². The minimum atomic E-state index is -4.87. The molecule has 6 nitrogen and oxygen atoms in total. The summed E-state index contributed by atoms with van der Waals surface area (Å²) >= 11 is 0. The third-order valence-electron chi connectivity index (χ3n) is 6.99. The molecule has 1 amide bonds. The number of aromatic nitrogens is 4. The Bertz CT molecular complexity index is 1560. The largest absolute Gasteiger partial charge is 0.435 e. The third-order valence-corrected chi connectivity index (χ3v) is 6.99. The number of imidazole rings is 1. The van der Waals surface area contributed by atoms with Crippen molar-refractivity contribution in [2.24, 2.45) is 7.05 Å². The summed E-state index contributed by atoms with van der Waals surface area (Å²) in [7, 11) is 1.55. The lowest BCUT2D eigenvalue weighted by Crippen LogP contribution is -2.46. The van der Waals surface area contributed by atoms with E-state index < -0.39 is 53.0 Å². The maximum atomic E-state index is 14.0. The summed E-state index contributed by atoms with van der Waals surface area (Å²) in [5, 5.41) is 4.50. The van der Waals surface area contributed by atoms with E-state index in [0.717, 1.165) is 12.1 Å². The van der Waals surface area contributed by atoms with Gasteiger partial charge in [0.25, 0.3) is 5.91 Å². The molecule has 200 valence electrons. The van der Waals surface area contributed by atoms with Crippen LogP contribution in [-0.2, 0) is 19.6 Å². The number of amides is 1. The Morgan fingerprint density at radius 1 is 1.13 bits per heavy atom. The zero-order valence-corrected chi connectivity index (χ0v) is 20.9. The van der Waals surface area contributed by atoms with Crippen molar-refractivity contribution in [1.82, 2.24) is 24.1 Å². The van der Waals surface area contributed by atoms with E-state index in [2.05, 4.69) is 10.1 Å². The third kappa shape index (κ3) is 3.84. The Hall–Kier alpha value is -3.83. The molecule has 1 aliphatic heterocycles. The van der Waals surface area contributed by atoms with E-state index in [4.69, 9.17) is 0 Å². The molecular weight excluding hydrogens is 512 g/mol. The monoisotopic (exact) mass is 535 g/mol. The molecule has 0 bridgehead atoms. The van der Waals surface area contributed by atoms with Gasteiger partial charge in [0.15, 0.2) is 23.1 Å². The van der Waals surface area contributed by atoms with E-state index in [0.29, 0.717) is 29.1 Å². The predicted molar refractivity (Wildman–Crippen MR) is 126 cm³/mol. The quantitative estimate of drug-likeness (QED) is 0.238. The molecule has 0 N–H and O–H groups in total. The van der Waals surface area contributed by atoms with Crippen LogP contribution in [0, 0.1) is 24.4 Å². The van der Waals surface area contributed by atoms with E-state index in [9.17, 15) is 31.1 Å². The topological polar surface area (TPSA) is 55.4 Å². The molecule has 0 aliphatic carbocycles. The fourth-order valence-electron chi connectivity index (χ4n) is 5.45. The molecule has 1 aromatic carbocycles. The average molecular weight is 535 g/mol. The number of carbonyl (C=O) groups is 1. The molecule has 0 fully saturated rings. The lowest BCUT2D eigenvalue weighted by molar-refractivity contribution is -0.141. The van der Waals surface area contributed by atoms with Crippen LogP contribution in [0.3, 0.4) is 0 Å². The van der Waals surface area contributed by atoms with Crippen LogP contribution in [0.1, 0.15) is 59.4 Å². The second-order valence-corrected chi connectivity index (χ2v) is 9.45. The molecule has 5 rings (SSSR count). The Morgan fingerprint density at radius 2 is 1.79 bits per heavy atom. The summed E-state index contributed by atoms with van der Waals surface area (Å²) in [6.07, 6.45) is -4.41. The molecule has 4 aromatic rings. The molecule has 2 atom stereocenters. The summed E-state index contributed by atoms with van der Waals surface area (Å²) in [4.78, 5) is 19.1. The highest BCUT2D eigenvalue weighted by Crippen LogP contribution is 2.42. The van der Waals surface area contributed by atoms with Gasteiger partial charge in [-0.25, -0.2) is 18.2 Å². The molecule has 3 aromatic heterocycles. The minimum absolute atomic E-state index is 0.000407. The predicted octanol–water partition coefficient (Wildman–Crippen LogP) is 6.02. The number of aryl methyl sites for hydroxylation is 2. The Morgan fingerprint density at radius 3 is 2.39 bits per heavy atom. The Labute approximate surface area is 213 Å². The highest BCUT2D eigenvalue weighted by atomic mass is 19.4. The summed E-state index contributed by atoms with van der Waals surface area (Å²) in [5.74, 6) is -5.16. The smallest absolute Gasteiger partial charge is 0.326 e. The van der Waals surface area contributed by atoms with Gasteiger partial charge in [0.1, 0.15) is 11.3 Å². The van der Waals surface area contributed by atoms with Crippen LogP contribution in [0.5, 0.6) is 0 Å². The molecule has 1 aliphatic rings. The van der Waals surface area contributed by atoms with E-state index in [1.54, 1.807) is 40.0 Å². The number of halogens is 6. The molecule has 0 radical (unpaired) electrons. The van der Waals surface area contributed by atoms with Crippen molar-refractivity contribution in [3.8, 4) is 11.3 Å². The number of nitrogens with zero attached hydrogens (tertiary/aromatic N) is 5. The van der Waals surface area contributed by atoms with Crippen LogP contribution < -0.4 is 0 Å². The van der Waals surface area contributed by atoms with Gasteiger partial charge in [-0.3, -0.25) is 13.9 Å². The van der Waals surface area contributed by atoms with Crippen LogP contribution >= 0.6 is 0 Å². The fraction of sp³-hybridized carbons (Fsp3) is 0.346. The summed E-state index contributed by atoms with van der Waals surface area (Å²) in [6.45, 7) is 5.05. The van der Waals surface area contributed by atoms with Gasteiger partial charge in [-0.05, 0) is 51.0 Å². The number of fused-ring (bicyclic) bond motifs is 2. The Kier molecular flexibility index (Phi) is 6.03. The number of hydrogen-bond acceptors (Lipinski definition) is 3. The average Bonchev–Trinajstić information content (AvgIpc) is 3.39. The number of pyridine rings is 1. The summed E-state index contributed by atoms with van der Waals surface area (Å²) in [5.41, 5.74) is -0.0467. The van der Waals surface area contributed by atoms with E-state index in [1.165, 1.54) is 20.0 Å². The number of carbonyl (C=O) groups excluding carboxylic acids is 1. The Balaban J connectivity index is 1.66. The number of benzene rings is 1. The SMILES string of the molecule is CCC1c2nn(C)c(-c3cc(F)c(F)c(F)c3)c2CC(C)N1C(=O)c1c(C(F)(F)F)nc2cccc(C)n12. The fourth-order valence-corrected chi connectivity index (χ4v) is 5.45. The zero-order valence-electron chi connectivity index (χ0n) is 20.9. The number of alkyl halides is 3. The van der Waals surface area contributed by atoms with E-state index >= 15 is 0 Å². The van der Waals surface area contributed by atoms with Crippen LogP contribution in [0.15, 0.2) is 30.3 Å². The lowest BCUT2D eigenvalue weighted by Gasteiger charge is -2.40. The molecule has 0 saturated carbocycles. The van der Waals surface area contributed by atoms with Crippen LogP contribution in [0.4, 0.5) is 26.3 Å². The van der Waals surface area contributed by atoms with Crippen molar-refractivity contribution in [2.45, 2.75) is 51.9 Å². The second kappa shape index (κ2) is 8.88. The lowest BCUT2D eigenvalue weighted by atomic mass is 9.89. The van der Waals surface area contributed by atoms with E-state index in [-0.39, 0.29) is 17.6 Å². The molecule has 4 heterocycles. The number of hydrogen-bond donors (Lipinski definition) is 0. The van der Waals surface area contributed by atoms with Crippen LogP contribution in [0.25, 0.3) is 16.9 Å². The van der Waals surface area contributed by atoms with Gasteiger partial charge in [0, 0.05) is 29.9 Å². The van der Waals surface area contributed by atoms with Crippen molar-refractivity contribution in [3.05, 3.63) is 76.1 Å². The second-order valence-electron chi connectivity index (χ2n) is 9.45. The first kappa shape index (κ1) is 25.8.